The van der Waals surface area contributed by atoms with E-state index in [4.69, 9.17) is 10.5 Å². The number of amides is 1. The highest BCUT2D eigenvalue weighted by molar-refractivity contribution is 5.76. The third-order valence-electron chi connectivity index (χ3n) is 3.84. The zero-order valence-electron chi connectivity index (χ0n) is 12.4. The first-order valence-electron chi connectivity index (χ1n) is 7.49. The van der Waals surface area contributed by atoms with Crippen molar-refractivity contribution < 1.29 is 13.9 Å². The minimum Gasteiger partial charge on any atom is -0.493 e. The number of hydrogen-bond donors (Lipinski definition) is 1. The minimum atomic E-state index is -0.318. The molecule has 0 bridgehead atoms. The second-order valence-electron chi connectivity index (χ2n) is 5.63. The second-order valence-corrected chi connectivity index (χ2v) is 5.63. The SMILES string of the molecule is C[C@@H]1C[C@H](N)CCN1C(=O)CCCOc1cccc(F)c1. The van der Waals surface area contributed by atoms with Crippen molar-refractivity contribution in [3.05, 3.63) is 30.1 Å². The minimum absolute atomic E-state index is 0.150. The zero-order chi connectivity index (χ0) is 15.2. The van der Waals surface area contributed by atoms with E-state index in [9.17, 15) is 9.18 Å². The van der Waals surface area contributed by atoms with Gasteiger partial charge in [-0.25, -0.2) is 4.39 Å². The maximum Gasteiger partial charge on any atom is 0.222 e. The summed E-state index contributed by atoms with van der Waals surface area (Å²) in [6.45, 7) is 3.20. The molecule has 5 heteroatoms. The molecule has 0 aliphatic carbocycles. The van der Waals surface area contributed by atoms with E-state index in [-0.39, 0.29) is 23.8 Å². The Kier molecular flexibility index (Phi) is 5.56. The van der Waals surface area contributed by atoms with Crippen LogP contribution in [0.5, 0.6) is 5.75 Å². The maximum atomic E-state index is 13.0. The van der Waals surface area contributed by atoms with E-state index in [0.29, 0.717) is 25.2 Å². The van der Waals surface area contributed by atoms with Gasteiger partial charge in [0.05, 0.1) is 6.61 Å². The quantitative estimate of drug-likeness (QED) is 0.848. The normalized spacial score (nSPS) is 22.1. The fourth-order valence-corrected chi connectivity index (χ4v) is 2.69. The van der Waals surface area contributed by atoms with Gasteiger partial charge in [0.2, 0.25) is 5.91 Å². The lowest BCUT2D eigenvalue weighted by atomic mass is 9.98. The Morgan fingerprint density at radius 3 is 3.05 bits per heavy atom. The van der Waals surface area contributed by atoms with E-state index in [1.807, 2.05) is 11.8 Å². The molecule has 1 aliphatic heterocycles. The van der Waals surface area contributed by atoms with Crippen LogP contribution in [0.2, 0.25) is 0 Å². The highest BCUT2D eigenvalue weighted by atomic mass is 19.1. The molecule has 1 aromatic carbocycles. The van der Waals surface area contributed by atoms with Gasteiger partial charge in [0.25, 0.3) is 0 Å². The van der Waals surface area contributed by atoms with E-state index >= 15 is 0 Å². The van der Waals surface area contributed by atoms with Crippen molar-refractivity contribution in [2.75, 3.05) is 13.2 Å². The first-order chi connectivity index (χ1) is 10.1. The number of carbonyl (C=O) groups is 1. The largest absolute Gasteiger partial charge is 0.493 e. The third-order valence-corrected chi connectivity index (χ3v) is 3.84. The number of carbonyl (C=O) groups excluding carboxylic acids is 1. The van der Waals surface area contributed by atoms with Gasteiger partial charge in [-0.3, -0.25) is 4.79 Å². The smallest absolute Gasteiger partial charge is 0.222 e. The second kappa shape index (κ2) is 7.41. The average molecular weight is 294 g/mol. The summed E-state index contributed by atoms with van der Waals surface area (Å²) in [6.07, 6.45) is 2.82. The summed E-state index contributed by atoms with van der Waals surface area (Å²) in [6, 6.07) is 6.45. The fourth-order valence-electron chi connectivity index (χ4n) is 2.69. The molecule has 1 aliphatic rings. The van der Waals surface area contributed by atoms with Gasteiger partial charge >= 0.3 is 0 Å². The molecule has 0 unspecified atom stereocenters. The molecule has 4 nitrogen and oxygen atoms in total. The van der Waals surface area contributed by atoms with Crippen molar-refractivity contribution in [1.82, 2.24) is 4.90 Å². The van der Waals surface area contributed by atoms with Crippen LogP contribution in [0.25, 0.3) is 0 Å². The molecular weight excluding hydrogens is 271 g/mol. The first-order valence-corrected chi connectivity index (χ1v) is 7.49. The molecule has 1 amide bonds. The van der Waals surface area contributed by atoms with Gasteiger partial charge in [0, 0.05) is 31.1 Å². The van der Waals surface area contributed by atoms with Crippen LogP contribution in [0.15, 0.2) is 24.3 Å². The van der Waals surface area contributed by atoms with Crippen LogP contribution in [0.4, 0.5) is 4.39 Å². The molecule has 2 atom stereocenters. The molecule has 2 N–H and O–H groups in total. The Labute approximate surface area is 125 Å². The molecule has 1 aromatic rings. The van der Waals surface area contributed by atoms with Crippen molar-refractivity contribution in [2.24, 2.45) is 5.73 Å². The van der Waals surface area contributed by atoms with Gasteiger partial charge in [-0.1, -0.05) is 6.07 Å². The van der Waals surface area contributed by atoms with Gasteiger partial charge in [-0.2, -0.15) is 0 Å². The summed E-state index contributed by atoms with van der Waals surface area (Å²) in [5.74, 6) is 0.332. The Morgan fingerprint density at radius 2 is 2.33 bits per heavy atom. The van der Waals surface area contributed by atoms with Gasteiger partial charge in [0.1, 0.15) is 11.6 Å². The van der Waals surface area contributed by atoms with E-state index in [1.165, 1.54) is 12.1 Å². The standard InChI is InChI=1S/C16H23FN2O2/c1-12-10-14(18)7-8-19(12)16(20)6-3-9-21-15-5-2-4-13(17)11-15/h2,4-5,11-12,14H,3,6-10,18H2,1H3/t12-,14-/m1/s1. The molecule has 1 heterocycles. The lowest BCUT2D eigenvalue weighted by Crippen LogP contribution is -2.48. The van der Waals surface area contributed by atoms with E-state index < -0.39 is 0 Å². The molecule has 1 fully saturated rings. The monoisotopic (exact) mass is 294 g/mol. The van der Waals surface area contributed by atoms with Crippen LogP contribution >= 0.6 is 0 Å². The number of halogens is 1. The van der Waals surface area contributed by atoms with E-state index in [2.05, 4.69) is 0 Å². The molecule has 2 rings (SSSR count). The van der Waals surface area contributed by atoms with Crippen LogP contribution in [0.3, 0.4) is 0 Å². The van der Waals surface area contributed by atoms with E-state index in [1.54, 1.807) is 12.1 Å². The van der Waals surface area contributed by atoms with Gasteiger partial charge in [-0.05, 0) is 38.3 Å². The van der Waals surface area contributed by atoms with Crippen LogP contribution < -0.4 is 10.5 Å². The summed E-state index contributed by atoms with van der Waals surface area (Å²) in [5, 5.41) is 0. The summed E-state index contributed by atoms with van der Waals surface area (Å²) < 4.78 is 18.4. The number of hydrogen-bond acceptors (Lipinski definition) is 3. The van der Waals surface area contributed by atoms with Crippen molar-refractivity contribution in [2.45, 2.75) is 44.7 Å². The van der Waals surface area contributed by atoms with E-state index in [0.717, 1.165) is 19.4 Å². The van der Waals surface area contributed by atoms with Gasteiger partial charge in [0.15, 0.2) is 0 Å². The Bertz CT molecular complexity index is 481. The highest BCUT2D eigenvalue weighted by Gasteiger charge is 2.26. The van der Waals surface area contributed by atoms with Gasteiger partial charge < -0.3 is 15.4 Å². The van der Waals surface area contributed by atoms with Crippen LogP contribution in [0, 0.1) is 5.82 Å². The van der Waals surface area contributed by atoms with Crippen molar-refractivity contribution in [1.29, 1.82) is 0 Å². The number of rotatable bonds is 5. The topological polar surface area (TPSA) is 55.6 Å². The highest BCUT2D eigenvalue weighted by Crippen LogP contribution is 2.17. The average Bonchev–Trinajstić information content (AvgIpc) is 2.43. The Hall–Kier alpha value is -1.62. The molecule has 21 heavy (non-hydrogen) atoms. The molecule has 0 aromatic heterocycles. The summed E-state index contributed by atoms with van der Waals surface area (Å²) in [4.78, 5) is 14.1. The molecule has 0 radical (unpaired) electrons. The fraction of sp³-hybridized carbons (Fsp3) is 0.562. The number of likely N-dealkylation sites (tertiary alicyclic amines) is 1. The number of ether oxygens (including phenoxy) is 1. The predicted octanol–water partition coefficient (Wildman–Crippen LogP) is 2.32. The van der Waals surface area contributed by atoms with Crippen LogP contribution in [-0.2, 0) is 4.79 Å². The first kappa shape index (κ1) is 15.8. The summed E-state index contributed by atoms with van der Waals surface area (Å²) >= 11 is 0. The molecule has 0 saturated carbocycles. The lowest BCUT2D eigenvalue weighted by Gasteiger charge is -2.36. The summed E-state index contributed by atoms with van der Waals surface area (Å²) in [7, 11) is 0. The molecule has 0 spiro atoms. The van der Waals surface area contributed by atoms with Gasteiger partial charge in [-0.15, -0.1) is 0 Å². The number of piperidine rings is 1. The Morgan fingerprint density at radius 1 is 1.52 bits per heavy atom. The van der Waals surface area contributed by atoms with Crippen molar-refractivity contribution in [3.63, 3.8) is 0 Å². The molecular formula is C16H23FN2O2. The lowest BCUT2D eigenvalue weighted by molar-refractivity contribution is -0.134. The maximum absolute atomic E-state index is 13.0. The van der Waals surface area contributed by atoms with Crippen molar-refractivity contribution in [3.8, 4) is 5.75 Å². The Balaban J connectivity index is 1.70. The third kappa shape index (κ3) is 4.70. The zero-order valence-corrected chi connectivity index (χ0v) is 12.4. The van der Waals surface area contributed by atoms with Crippen molar-refractivity contribution >= 4 is 5.91 Å². The number of nitrogens with zero attached hydrogens (tertiary/aromatic N) is 1. The van der Waals surface area contributed by atoms with Crippen LogP contribution in [0.1, 0.15) is 32.6 Å². The summed E-state index contributed by atoms with van der Waals surface area (Å²) in [5.41, 5.74) is 5.90. The number of nitrogens with two attached hydrogens (primary N) is 1. The predicted molar refractivity (Wildman–Crippen MR) is 79.5 cm³/mol. The number of benzene rings is 1. The van der Waals surface area contributed by atoms with Crippen LogP contribution in [-0.4, -0.2) is 36.0 Å². The molecule has 116 valence electrons. The molecule has 1 saturated heterocycles.